The van der Waals surface area contributed by atoms with E-state index in [2.05, 4.69) is 19.6 Å². The number of carbonyl (C=O) groups excluding carboxylic acids is 1. The minimum atomic E-state index is -3.58. The number of hydrogen-bond acceptors (Lipinski definition) is 8. The van der Waals surface area contributed by atoms with Gasteiger partial charge in [-0.25, -0.2) is 13.4 Å². The average molecular weight is 487 g/mol. The van der Waals surface area contributed by atoms with Gasteiger partial charge in [-0.3, -0.25) is 28.6 Å². The van der Waals surface area contributed by atoms with E-state index in [4.69, 9.17) is 0 Å². The van der Waals surface area contributed by atoms with Crippen molar-refractivity contribution in [1.82, 2.24) is 23.9 Å². The summed E-state index contributed by atoms with van der Waals surface area (Å²) in [6.45, 7) is 3.34. The zero-order chi connectivity index (χ0) is 23.0. The number of amidine groups is 1. The van der Waals surface area contributed by atoms with Crippen LogP contribution >= 0.6 is 11.3 Å². The van der Waals surface area contributed by atoms with Crippen molar-refractivity contribution in [1.29, 1.82) is 0 Å². The highest BCUT2D eigenvalue weighted by Crippen LogP contribution is 2.22. The molecule has 4 heterocycles. The molecule has 0 spiro atoms. The monoisotopic (exact) mass is 486 g/mol. The normalized spacial score (nSPS) is 19.0. The number of nitrogens with one attached hydrogen (secondary N) is 1. The van der Waals surface area contributed by atoms with Gasteiger partial charge in [0.15, 0.2) is 4.96 Å². The summed E-state index contributed by atoms with van der Waals surface area (Å²) in [5.74, 6) is 0.277. The molecule has 5 rings (SSSR count). The van der Waals surface area contributed by atoms with Crippen molar-refractivity contribution in [2.24, 2.45) is 4.99 Å². The Morgan fingerprint density at radius 2 is 1.97 bits per heavy atom. The number of piperazine rings is 1. The van der Waals surface area contributed by atoms with E-state index in [1.54, 1.807) is 35.4 Å². The van der Waals surface area contributed by atoms with Crippen LogP contribution in [0.3, 0.4) is 0 Å². The van der Waals surface area contributed by atoms with Crippen LogP contribution in [0.4, 0.5) is 0 Å². The second-order valence-electron chi connectivity index (χ2n) is 7.88. The molecule has 33 heavy (non-hydrogen) atoms. The van der Waals surface area contributed by atoms with Gasteiger partial charge in [0, 0.05) is 62.4 Å². The van der Waals surface area contributed by atoms with Crippen LogP contribution in [0.1, 0.15) is 17.7 Å². The van der Waals surface area contributed by atoms with Gasteiger partial charge in [0.2, 0.25) is 5.91 Å². The summed E-state index contributed by atoms with van der Waals surface area (Å²) in [5.41, 5.74) is 1.18. The molecule has 172 valence electrons. The third-order valence-corrected chi connectivity index (χ3v) is 7.88. The molecule has 2 aliphatic rings. The van der Waals surface area contributed by atoms with Gasteiger partial charge in [0.25, 0.3) is 15.6 Å². The van der Waals surface area contributed by atoms with Gasteiger partial charge in [-0.1, -0.05) is 12.1 Å². The number of aliphatic imine (C=N–C) groups is 1. The third-order valence-electron chi connectivity index (χ3n) is 5.73. The molecular weight excluding hydrogens is 464 g/mol. The van der Waals surface area contributed by atoms with Crippen LogP contribution in [-0.4, -0.2) is 72.1 Å². The third kappa shape index (κ3) is 4.41. The quantitative estimate of drug-likeness (QED) is 0.562. The van der Waals surface area contributed by atoms with Crippen LogP contribution in [0.2, 0.25) is 0 Å². The van der Waals surface area contributed by atoms with E-state index in [-0.39, 0.29) is 35.2 Å². The highest BCUT2D eigenvalue weighted by Gasteiger charge is 2.30. The van der Waals surface area contributed by atoms with E-state index in [9.17, 15) is 18.0 Å². The Morgan fingerprint density at radius 3 is 2.79 bits per heavy atom. The molecule has 0 unspecified atom stereocenters. The predicted octanol–water partition coefficient (Wildman–Crippen LogP) is 0.529. The zero-order valence-corrected chi connectivity index (χ0v) is 19.3. The van der Waals surface area contributed by atoms with E-state index in [0.29, 0.717) is 43.2 Å². The molecule has 3 aromatic rings. The molecule has 1 amide bonds. The fourth-order valence-electron chi connectivity index (χ4n) is 4.03. The second-order valence-corrected chi connectivity index (χ2v) is 10.4. The molecule has 1 saturated heterocycles. The van der Waals surface area contributed by atoms with Crippen LogP contribution in [0, 0.1) is 0 Å². The van der Waals surface area contributed by atoms with Gasteiger partial charge in [0.05, 0.1) is 17.1 Å². The predicted molar refractivity (Wildman–Crippen MR) is 124 cm³/mol. The van der Waals surface area contributed by atoms with Gasteiger partial charge in [-0.15, -0.1) is 11.3 Å². The van der Waals surface area contributed by atoms with Gasteiger partial charge in [-0.2, -0.15) is 0 Å². The lowest BCUT2D eigenvalue weighted by atomic mass is 10.2. The topological polar surface area (TPSA) is 116 Å². The van der Waals surface area contributed by atoms with Crippen molar-refractivity contribution >= 4 is 38.1 Å². The van der Waals surface area contributed by atoms with Crippen molar-refractivity contribution in [3.05, 3.63) is 63.5 Å². The maximum absolute atomic E-state index is 12.6. The van der Waals surface area contributed by atoms with Crippen LogP contribution in [-0.2, 0) is 21.4 Å². The standard InChI is InChI=1S/C21H22N6O4S2/c28-18(5-6-22-20-16-3-1-2-4-17(16)33(30,31)24-20)26-9-7-25(8-10-26)14-15-13-19(29)27-11-12-32-21(27)23-15/h1-4,11-13H,5-10,14H2,(H,22,24). The number of amides is 1. The molecule has 0 radical (unpaired) electrons. The summed E-state index contributed by atoms with van der Waals surface area (Å²) < 4.78 is 28.3. The van der Waals surface area contributed by atoms with E-state index in [1.165, 1.54) is 21.8 Å². The Hall–Kier alpha value is -3.09. The largest absolute Gasteiger partial charge is 0.340 e. The van der Waals surface area contributed by atoms with Gasteiger partial charge in [-0.05, 0) is 12.1 Å². The molecule has 2 aliphatic heterocycles. The first-order valence-corrected chi connectivity index (χ1v) is 12.9. The van der Waals surface area contributed by atoms with Crippen molar-refractivity contribution < 1.29 is 13.2 Å². The number of thiazole rings is 1. The number of rotatable bonds is 5. The maximum Gasteiger partial charge on any atom is 0.263 e. The van der Waals surface area contributed by atoms with Crippen molar-refractivity contribution in [2.75, 3.05) is 32.7 Å². The number of carbonyl (C=O) groups is 1. The maximum atomic E-state index is 12.6. The summed E-state index contributed by atoms with van der Waals surface area (Å²) in [6.07, 6.45) is 1.93. The van der Waals surface area contributed by atoms with Crippen LogP contribution in [0.15, 0.2) is 56.6 Å². The first-order valence-electron chi connectivity index (χ1n) is 10.5. The summed E-state index contributed by atoms with van der Waals surface area (Å²) in [6, 6.07) is 8.22. The Bertz CT molecular complexity index is 1400. The van der Waals surface area contributed by atoms with Gasteiger partial charge < -0.3 is 4.90 Å². The van der Waals surface area contributed by atoms with E-state index >= 15 is 0 Å². The molecule has 10 nitrogen and oxygen atoms in total. The molecule has 12 heteroatoms. The van der Waals surface area contributed by atoms with E-state index in [0.717, 1.165) is 5.69 Å². The fraction of sp³-hybridized carbons (Fsp3) is 0.333. The molecule has 0 saturated carbocycles. The molecule has 1 N–H and O–H groups in total. The second kappa shape index (κ2) is 8.69. The number of aromatic nitrogens is 2. The summed E-state index contributed by atoms with van der Waals surface area (Å²) in [7, 11) is -3.58. The van der Waals surface area contributed by atoms with Crippen molar-refractivity contribution in [3.63, 3.8) is 0 Å². The van der Waals surface area contributed by atoms with Crippen LogP contribution in [0.25, 0.3) is 4.96 Å². The van der Waals surface area contributed by atoms with E-state index in [1.807, 2.05) is 5.38 Å². The van der Waals surface area contributed by atoms with Crippen LogP contribution < -0.4 is 10.3 Å². The first-order chi connectivity index (χ1) is 15.9. The van der Waals surface area contributed by atoms with Gasteiger partial charge >= 0.3 is 0 Å². The Balaban J connectivity index is 1.14. The molecule has 1 aromatic carbocycles. The van der Waals surface area contributed by atoms with E-state index < -0.39 is 10.0 Å². The van der Waals surface area contributed by atoms with Crippen LogP contribution in [0.5, 0.6) is 0 Å². The lowest BCUT2D eigenvalue weighted by molar-refractivity contribution is -0.132. The zero-order valence-electron chi connectivity index (χ0n) is 17.7. The lowest BCUT2D eigenvalue weighted by Gasteiger charge is -2.34. The first kappa shape index (κ1) is 21.7. The number of fused-ring (bicyclic) bond motifs is 2. The molecule has 0 atom stereocenters. The SMILES string of the molecule is O=C(CCN=C1NS(=O)(=O)c2ccccc21)N1CCN(Cc2cc(=O)n3ccsc3n2)CC1. The van der Waals surface area contributed by atoms with Crippen molar-refractivity contribution in [3.8, 4) is 0 Å². The minimum Gasteiger partial charge on any atom is -0.340 e. The summed E-state index contributed by atoms with van der Waals surface area (Å²) in [5, 5.41) is 1.84. The molecule has 1 fully saturated rings. The highest BCUT2D eigenvalue weighted by molar-refractivity contribution is 7.90. The summed E-state index contributed by atoms with van der Waals surface area (Å²) in [4.78, 5) is 38.5. The Labute approximate surface area is 194 Å². The Kier molecular flexibility index (Phi) is 5.72. The summed E-state index contributed by atoms with van der Waals surface area (Å²) >= 11 is 1.43. The molecule has 0 bridgehead atoms. The minimum absolute atomic E-state index is 0.00971. The number of hydrogen-bond donors (Lipinski definition) is 1. The smallest absolute Gasteiger partial charge is 0.263 e. The molecule has 0 aliphatic carbocycles. The number of benzene rings is 1. The molecule has 2 aromatic heterocycles. The number of nitrogens with zero attached hydrogens (tertiary/aromatic N) is 5. The molecular formula is C21H22N6O4S2. The van der Waals surface area contributed by atoms with Crippen molar-refractivity contribution in [2.45, 2.75) is 17.9 Å². The Morgan fingerprint density at radius 1 is 1.18 bits per heavy atom. The van der Waals surface area contributed by atoms with Gasteiger partial charge in [0.1, 0.15) is 5.84 Å². The fourth-order valence-corrected chi connectivity index (χ4v) is 6.02. The lowest BCUT2D eigenvalue weighted by Crippen LogP contribution is -2.48. The highest BCUT2D eigenvalue weighted by atomic mass is 32.2. The average Bonchev–Trinajstić information content (AvgIpc) is 3.37. The number of sulfonamides is 1.